The quantitative estimate of drug-likeness (QED) is 0.875. The second kappa shape index (κ2) is 7.01. The molecule has 0 heterocycles. The molecular formula is C19H18F2N2O2. The number of anilines is 1. The van der Waals surface area contributed by atoms with Crippen LogP contribution in [0.25, 0.3) is 0 Å². The largest absolute Gasteiger partial charge is 0.352 e. The molecule has 130 valence electrons. The number of carbonyl (C=O) groups is 2. The molecule has 0 spiro atoms. The van der Waals surface area contributed by atoms with Gasteiger partial charge in [0, 0.05) is 12.6 Å². The lowest BCUT2D eigenvalue weighted by molar-refractivity contribution is -0.125. The van der Waals surface area contributed by atoms with E-state index in [1.54, 1.807) is 0 Å². The summed E-state index contributed by atoms with van der Waals surface area (Å²) in [4.78, 5) is 24.2. The van der Waals surface area contributed by atoms with Gasteiger partial charge >= 0.3 is 0 Å². The van der Waals surface area contributed by atoms with Gasteiger partial charge < -0.3 is 10.6 Å². The highest BCUT2D eigenvalue weighted by atomic mass is 19.1. The van der Waals surface area contributed by atoms with Crippen LogP contribution in [0, 0.1) is 30.4 Å². The Morgan fingerprint density at radius 2 is 1.84 bits per heavy atom. The van der Waals surface area contributed by atoms with Crippen molar-refractivity contribution < 1.29 is 18.4 Å². The van der Waals surface area contributed by atoms with Crippen molar-refractivity contribution in [3.63, 3.8) is 0 Å². The summed E-state index contributed by atoms with van der Waals surface area (Å²) in [7, 11) is 0. The van der Waals surface area contributed by atoms with E-state index in [0.29, 0.717) is 19.0 Å². The SMILES string of the molecule is Cc1cccc(CNC(=O)C2CC2C(=O)Nc2ccc(F)cc2F)c1. The number of hydrogen-bond donors (Lipinski definition) is 2. The Labute approximate surface area is 144 Å². The maximum Gasteiger partial charge on any atom is 0.228 e. The van der Waals surface area contributed by atoms with Crippen molar-refractivity contribution in [1.29, 1.82) is 0 Å². The smallest absolute Gasteiger partial charge is 0.228 e. The molecule has 0 aromatic heterocycles. The van der Waals surface area contributed by atoms with Gasteiger partial charge in [-0.3, -0.25) is 9.59 Å². The number of rotatable bonds is 5. The molecule has 2 aromatic rings. The summed E-state index contributed by atoms with van der Waals surface area (Å²) in [5.41, 5.74) is 2.01. The van der Waals surface area contributed by atoms with E-state index < -0.39 is 29.4 Å². The molecule has 0 bridgehead atoms. The van der Waals surface area contributed by atoms with Gasteiger partial charge in [0.05, 0.1) is 17.5 Å². The first-order valence-electron chi connectivity index (χ1n) is 8.03. The molecule has 0 saturated heterocycles. The molecule has 2 amide bonds. The first kappa shape index (κ1) is 17.1. The van der Waals surface area contributed by atoms with E-state index in [9.17, 15) is 18.4 Å². The van der Waals surface area contributed by atoms with Gasteiger partial charge in [0.1, 0.15) is 11.6 Å². The van der Waals surface area contributed by atoms with Crippen molar-refractivity contribution in [3.05, 3.63) is 65.2 Å². The van der Waals surface area contributed by atoms with E-state index in [0.717, 1.165) is 23.3 Å². The van der Waals surface area contributed by atoms with Crippen LogP contribution in [0.1, 0.15) is 17.5 Å². The summed E-state index contributed by atoms with van der Waals surface area (Å²) in [6.07, 6.45) is 0.425. The molecule has 1 saturated carbocycles. The molecule has 1 aliphatic rings. The summed E-state index contributed by atoms with van der Waals surface area (Å²) in [5.74, 6) is -3.07. The average molecular weight is 344 g/mol. The van der Waals surface area contributed by atoms with Crippen LogP contribution in [0.3, 0.4) is 0 Å². The summed E-state index contributed by atoms with van der Waals surface area (Å²) in [6.45, 7) is 2.37. The topological polar surface area (TPSA) is 58.2 Å². The van der Waals surface area contributed by atoms with Crippen LogP contribution in [0.5, 0.6) is 0 Å². The number of nitrogens with one attached hydrogen (secondary N) is 2. The van der Waals surface area contributed by atoms with Crippen LogP contribution in [0.4, 0.5) is 14.5 Å². The fraction of sp³-hybridized carbons (Fsp3) is 0.263. The molecule has 2 N–H and O–H groups in total. The Hall–Kier alpha value is -2.76. The Bertz CT molecular complexity index is 823. The lowest BCUT2D eigenvalue weighted by atomic mass is 10.1. The Morgan fingerprint density at radius 3 is 2.56 bits per heavy atom. The fourth-order valence-corrected chi connectivity index (χ4v) is 2.73. The average Bonchev–Trinajstić information content (AvgIpc) is 3.36. The van der Waals surface area contributed by atoms with Crippen molar-refractivity contribution in [2.45, 2.75) is 19.9 Å². The number of halogens is 2. The van der Waals surface area contributed by atoms with Gasteiger partial charge in [0.25, 0.3) is 0 Å². The van der Waals surface area contributed by atoms with Crippen molar-refractivity contribution in [1.82, 2.24) is 5.32 Å². The van der Waals surface area contributed by atoms with Crippen LogP contribution in [0.2, 0.25) is 0 Å². The molecule has 2 atom stereocenters. The van der Waals surface area contributed by atoms with Gasteiger partial charge in [-0.25, -0.2) is 8.78 Å². The number of aryl methyl sites for hydroxylation is 1. The zero-order valence-electron chi connectivity index (χ0n) is 13.7. The summed E-state index contributed by atoms with van der Waals surface area (Å²) in [6, 6.07) is 10.7. The highest BCUT2D eigenvalue weighted by molar-refractivity contribution is 5.99. The highest BCUT2D eigenvalue weighted by Crippen LogP contribution is 2.39. The molecule has 25 heavy (non-hydrogen) atoms. The molecule has 1 fully saturated rings. The Morgan fingerprint density at radius 1 is 1.08 bits per heavy atom. The normalized spacial score (nSPS) is 18.5. The lowest BCUT2D eigenvalue weighted by Gasteiger charge is -2.07. The molecule has 2 aromatic carbocycles. The van der Waals surface area contributed by atoms with Crippen molar-refractivity contribution in [3.8, 4) is 0 Å². The summed E-state index contributed by atoms with van der Waals surface area (Å²) < 4.78 is 26.4. The van der Waals surface area contributed by atoms with Gasteiger partial charge in [0.15, 0.2) is 0 Å². The van der Waals surface area contributed by atoms with Gasteiger partial charge in [-0.2, -0.15) is 0 Å². The van der Waals surface area contributed by atoms with Gasteiger partial charge in [-0.15, -0.1) is 0 Å². The van der Waals surface area contributed by atoms with E-state index in [-0.39, 0.29) is 11.6 Å². The second-order valence-electron chi connectivity index (χ2n) is 6.27. The second-order valence-corrected chi connectivity index (χ2v) is 6.27. The minimum Gasteiger partial charge on any atom is -0.352 e. The first-order valence-corrected chi connectivity index (χ1v) is 8.03. The molecule has 0 aliphatic heterocycles. The Kier molecular flexibility index (Phi) is 4.79. The maximum absolute atomic E-state index is 13.6. The van der Waals surface area contributed by atoms with Crippen LogP contribution >= 0.6 is 0 Å². The van der Waals surface area contributed by atoms with Gasteiger partial charge in [0.2, 0.25) is 11.8 Å². The zero-order valence-corrected chi connectivity index (χ0v) is 13.7. The fourth-order valence-electron chi connectivity index (χ4n) is 2.73. The van der Waals surface area contributed by atoms with Gasteiger partial charge in [-0.1, -0.05) is 29.8 Å². The van der Waals surface area contributed by atoms with E-state index in [2.05, 4.69) is 10.6 Å². The molecular weight excluding hydrogens is 326 g/mol. The van der Waals surface area contributed by atoms with Crippen molar-refractivity contribution >= 4 is 17.5 Å². The highest BCUT2D eigenvalue weighted by Gasteiger charge is 2.48. The van der Waals surface area contributed by atoms with Gasteiger partial charge in [-0.05, 0) is 31.0 Å². The van der Waals surface area contributed by atoms with Crippen LogP contribution in [-0.4, -0.2) is 11.8 Å². The van der Waals surface area contributed by atoms with Crippen LogP contribution in [0.15, 0.2) is 42.5 Å². The molecule has 6 heteroatoms. The molecule has 2 unspecified atom stereocenters. The van der Waals surface area contributed by atoms with Crippen molar-refractivity contribution in [2.75, 3.05) is 5.32 Å². The summed E-state index contributed by atoms with van der Waals surface area (Å²) in [5, 5.41) is 5.22. The Balaban J connectivity index is 1.51. The van der Waals surface area contributed by atoms with Crippen molar-refractivity contribution in [2.24, 2.45) is 11.8 Å². The molecule has 3 rings (SSSR count). The number of amides is 2. The minimum absolute atomic E-state index is 0.0859. The third kappa shape index (κ3) is 4.21. The number of benzene rings is 2. The predicted octanol–water partition coefficient (Wildman–Crippen LogP) is 3.16. The molecule has 4 nitrogen and oxygen atoms in total. The third-order valence-corrected chi connectivity index (χ3v) is 4.20. The van der Waals surface area contributed by atoms with E-state index in [1.165, 1.54) is 0 Å². The van der Waals surface area contributed by atoms with Crippen LogP contribution in [-0.2, 0) is 16.1 Å². The third-order valence-electron chi connectivity index (χ3n) is 4.20. The predicted molar refractivity (Wildman–Crippen MR) is 89.6 cm³/mol. The van der Waals surface area contributed by atoms with E-state index in [4.69, 9.17) is 0 Å². The monoisotopic (exact) mass is 344 g/mol. The minimum atomic E-state index is -0.838. The number of hydrogen-bond acceptors (Lipinski definition) is 2. The lowest BCUT2D eigenvalue weighted by Crippen LogP contribution is -2.27. The number of carbonyl (C=O) groups excluding carboxylic acids is 2. The maximum atomic E-state index is 13.6. The zero-order chi connectivity index (χ0) is 18.0. The molecule has 1 aliphatic carbocycles. The standard InChI is InChI=1S/C19H18F2N2O2/c1-11-3-2-4-12(7-11)10-22-18(24)14-9-15(14)19(25)23-17-6-5-13(20)8-16(17)21/h2-8,14-15H,9-10H2,1H3,(H,22,24)(H,23,25). The van der Waals surface area contributed by atoms with E-state index in [1.807, 2.05) is 31.2 Å². The molecule has 0 radical (unpaired) electrons. The summed E-state index contributed by atoms with van der Waals surface area (Å²) >= 11 is 0. The van der Waals surface area contributed by atoms with Crippen LogP contribution < -0.4 is 10.6 Å². The first-order chi connectivity index (χ1) is 11.9. The van der Waals surface area contributed by atoms with E-state index >= 15 is 0 Å².